The van der Waals surface area contributed by atoms with E-state index in [1.54, 1.807) is 20.8 Å². The molecule has 1 aliphatic rings. The highest BCUT2D eigenvalue weighted by Crippen LogP contribution is 2.44. The first-order valence-corrected chi connectivity index (χ1v) is 6.14. The van der Waals surface area contributed by atoms with Crippen LogP contribution in [0.2, 0.25) is 0 Å². The van der Waals surface area contributed by atoms with Crippen LogP contribution in [0.4, 0.5) is 13.2 Å². The van der Waals surface area contributed by atoms with E-state index in [0.717, 1.165) is 0 Å². The van der Waals surface area contributed by atoms with Crippen molar-refractivity contribution in [2.24, 2.45) is 10.8 Å². The molecule has 0 atom stereocenters. The zero-order valence-corrected chi connectivity index (χ0v) is 11.1. The van der Waals surface area contributed by atoms with Gasteiger partial charge in [0.25, 0.3) is 0 Å². The van der Waals surface area contributed by atoms with Gasteiger partial charge in [-0.25, -0.2) is 0 Å². The van der Waals surface area contributed by atoms with Gasteiger partial charge in [0.05, 0.1) is 5.41 Å². The molecular formula is C12H21F3N2O. The molecule has 1 rings (SSSR count). The van der Waals surface area contributed by atoms with Crippen LogP contribution >= 0.6 is 0 Å². The maximum Gasteiger partial charge on any atom is 0.396 e. The van der Waals surface area contributed by atoms with Crippen LogP contribution in [0.5, 0.6) is 0 Å². The average Bonchev–Trinajstić information content (AvgIpc) is 2.24. The standard InChI is InChI=1S/C12H21F3N2O/c1-10(2,3)9(18)17-8-11(12(13,14)15)4-6-16-7-5-11/h16H,4-8H2,1-3H3,(H,17,18). The molecule has 0 aromatic heterocycles. The minimum absolute atomic E-state index is 0.0148. The third-order valence-corrected chi connectivity index (χ3v) is 3.43. The van der Waals surface area contributed by atoms with Gasteiger partial charge in [0.1, 0.15) is 0 Å². The van der Waals surface area contributed by atoms with Crippen molar-refractivity contribution in [3.63, 3.8) is 0 Å². The molecule has 1 aliphatic heterocycles. The molecule has 1 amide bonds. The summed E-state index contributed by atoms with van der Waals surface area (Å²) in [7, 11) is 0. The van der Waals surface area contributed by atoms with E-state index < -0.39 is 17.0 Å². The smallest absolute Gasteiger partial charge is 0.355 e. The van der Waals surface area contributed by atoms with Crippen molar-refractivity contribution in [1.29, 1.82) is 0 Å². The van der Waals surface area contributed by atoms with E-state index in [-0.39, 0.29) is 25.3 Å². The van der Waals surface area contributed by atoms with Gasteiger partial charge in [0, 0.05) is 12.0 Å². The Balaban J connectivity index is 2.72. The number of halogens is 3. The lowest BCUT2D eigenvalue weighted by Crippen LogP contribution is -2.54. The fourth-order valence-electron chi connectivity index (χ4n) is 1.98. The van der Waals surface area contributed by atoms with E-state index in [4.69, 9.17) is 0 Å². The number of hydrogen-bond acceptors (Lipinski definition) is 2. The summed E-state index contributed by atoms with van der Waals surface area (Å²) in [6, 6.07) is 0. The van der Waals surface area contributed by atoms with Gasteiger partial charge in [-0.2, -0.15) is 13.2 Å². The highest BCUT2D eigenvalue weighted by molar-refractivity contribution is 5.81. The summed E-state index contributed by atoms with van der Waals surface area (Å²) in [6.07, 6.45) is -4.25. The van der Waals surface area contributed by atoms with Gasteiger partial charge in [-0.05, 0) is 25.9 Å². The van der Waals surface area contributed by atoms with Crippen molar-refractivity contribution in [3.05, 3.63) is 0 Å². The summed E-state index contributed by atoms with van der Waals surface area (Å²) < 4.78 is 39.5. The summed E-state index contributed by atoms with van der Waals surface area (Å²) in [5.74, 6) is -0.343. The number of amides is 1. The Morgan fingerprint density at radius 1 is 1.22 bits per heavy atom. The van der Waals surface area contributed by atoms with Gasteiger partial charge in [0.15, 0.2) is 0 Å². The summed E-state index contributed by atoms with van der Waals surface area (Å²) >= 11 is 0. The number of nitrogens with one attached hydrogen (secondary N) is 2. The Morgan fingerprint density at radius 3 is 2.11 bits per heavy atom. The highest BCUT2D eigenvalue weighted by atomic mass is 19.4. The molecule has 0 spiro atoms. The third-order valence-electron chi connectivity index (χ3n) is 3.43. The van der Waals surface area contributed by atoms with E-state index in [0.29, 0.717) is 13.1 Å². The predicted octanol–water partition coefficient (Wildman–Crippen LogP) is 2.08. The molecule has 1 saturated heterocycles. The summed E-state index contributed by atoms with van der Waals surface area (Å²) in [4.78, 5) is 11.7. The van der Waals surface area contributed by atoms with Crippen molar-refractivity contribution in [3.8, 4) is 0 Å². The van der Waals surface area contributed by atoms with Gasteiger partial charge >= 0.3 is 6.18 Å². The normalized spacial score (nSPS) is 20.6. The van der Waals surface area contributed by atoms with Crippen LogP contribution < -0.4 is 10.6 Å². The Bertz CT molecular complexity index is 301. The topological polar surface area (TPSA) is 41.1 Å². The number of rotatable bonds is 2. The molecule has 6 heteroatoms. The lowest BCUT2D eigenvalue weighted by Gasteiger charge is -2.39. The van der Waals surface area contributed by atoms with Gasteiger partial charge in [0.2, 0.25) is 5.91 Å². The molecule has 106 valence electrons. The van der Waals surface area contributed by atoms with Crippen LogP contribution in [0.3, 0.4) is 0 Å². The molecule has 18 heavy (non-hydrogen) atoms. The van der Waals surface area contributed by atoms with Gasteiger partial charge in [-0.15, -0.1) is 0 Å². The summed E-state index contributed by atoms with van der Waals surface area (Å²) in [6.45, 7) is 5.41. The molecule has 2 N–H and O–H groups in total. The average molecular weight is 266 g/mol. The zero-order chi connectivity index (χ0) is 14.0. The molecule has 1 heterocycles. The van der Waals surface area contributed by atoms with Crippen molar-refractivity contribution in [2.45, 2.75) is 39.8 Å². The zero-order valence-electron chi connectivity index (χ0n) is 11.1. The second kappa shape index (κ2) is 5.07. The van der Waals surface area contributed by atoms with E-state index in [1.165, 1.54) is 0 Å². The maximum absolute atomic E-state index is 13.2. The maximum atomic E-state index is 13.2. The number of carbonyl (C=O) groups is 1. The van der Waals surface area contributed by atoms with Crippen LogP contribution in [0.15, 0.2) is 0 Å². The number of alkyl halides is 3. The van der Waals surface area contributed by atoms with Crippen molar-refractivity contribution in [2.75, 3.05) is 19.6 Å². The van der Waals surface area contributed by atoms with E-state index in [2.05, 4.69) is 10.6 Å². The Kier molecular flexibility index (Phi) is 4.30. The monoisotopic (exact) mass is 266 g/mol. The second-order valence-electron chi connectivity index (χ2n) is 5.96. The van der Waals surface area contributed by atoms with Crippen LogP contribution in [0.25, 0.3) is 0 Å². The number of piperidine rings is 1. The first-order valence-electron chi connectivity index (χ1n) is 6.14. The largest absolute Gasteiger partial charge is 0.396 e. The number of carbonyl (C=O) groups excluding carboxylic acids is 1. The van der Waals surface area contributed by atoms with Crippen molar-refractivity contribution < 1.29 is 18.0 Å². The molecular weight excluding hydrogens is 245 g/mol. The van der Waals surface area contributed by atoms with Crippen LogP contribution in [0.1, 0.15) is 33.6 Å². The lowest BCUT2D eigenvalue weighted by molar-refractivity contribution is -0.230. The van der Waals surface area contributed by atoms with Crippen molar-refractivity contribution >= 4 is 5.91 Å². The fourth-order valence-corrected chi connectivity index (χ4v) is 1.98. The molecule has 0 unspecified atom stereocenters. The first-order chi connectivity index (χ1) is 8.08. The van der Waals surface area contributed by atoms with E-state index >= 15 is 0 Å². The summed E-state index contributed by atoms with van der Waals surface area (Å²) in [5.41, 5.74) is -2.45. The quantitative estimate of drug-likeness (QED) is 0.803. The molecule has 0 aromatic rings. The van der Waals surface area contributed by atoms with Crippen molar-refractivity contribution in [1.82, 2.24) is 10.6 Å². The molecule has 1 fully saturated rings. The second-order valence-corrected chi connectivity index (χ2v) is 5.96. The SMILES string of the molecule is CC(C)(C)C(=O)NCC1(C(F)(F)F)CCNCC1. The van der Waals surface area contributed by atoms with Gasteiger partial charge in [-0.1, -0.05) is 20.8 Å². The molecule has 0 saturated carbocycles. The van der Waals surface area contributed by atoms with Crippen LogP contribution in [0, 0.1) is 10.8 Å². The summed E-state index contributed by atoms with van der Waals surface area (Å²) in [5, 5.41) is 5.37. The minimum atomic E-state index is -4.28. The molecule has 0 aromatic carbocycles. The van der Waals surface area contributed by atoms with Gasteiger partial charge in [-0.3, -0.25) is 4.79 Å². The number of hydrogen-bond donors (Lipinski definition) is 2. The Labute approximate surface area is 106 Å². The van der Waals surface area contributed by atoms with E-state index in [1.807, 2.05) is 0 Å². The molecule has 0 radical (unpaired) electrons. The molecule has 0 bridgehead atoms. The van der Waals surface area contributed by atoms with Crippen LogP contribution in [-0.4, -0.2) is 31.7 Å². The Morgan fingerprint density at radius 2 is 1.72 bits per heavy atom. The third kappa shape index (κ3) is 3.37. The fraction of sp³-hybridized carbons (Fsp3) is 0.917. The molecule has 0 aliphatic carbocycles. The lowest BCUT2D eigenvalue weighted by atomic mass is 9.77. The minimum Gasteiger partial charge on any atom is -0.355 e. The van der Waals surface area contributed by atoms with Crippen LogP contribution in [-0.2, 0) is 4.79 Å². The first kappa shape index (κ1) is 15.3. The predicted molar refractivity (Wildman–Crippen MR) is 63.1 cm³/mol. The molecule has 3 nitrogen and oxygen atoms in total. The highest BCUT2D eigenvalue weighted by Gasteiger charge is 2.54. The van der Waals surface area contributed by atoms with Gasteiger partial charge < -0.3 is 10.6 Å². The van der Waals surface area contributed by atoms with E-state index in [9.17, 15) is 18.0 Å². The Hall–Kier alpha value is -0.780.